The number of hydrogen-bond donors (Lipinski definition) is 3. The van der Waals surface area contributed by atoms with E-state index in [0.29, 0.717) is 5.92 Å². The molecule has 0 spiro atoms. The number of nitrogens with one attached hydrogen (secondary N) is 3. The highest BCUT2D eigenvalue weighted by molar-refractivity contribution is 7.26. The van der Waals surface area contributed by atoms with Crippen molar-refractivity contribution in [3.63, 3.8) is 0 Å². The minimum atomic E-state index is 0.00904. The van der Waals surface area contributed by atoms with Gasteiger partial charge in [-0.2, -0.15) is 0 Å². The molecule has 0 saturated carbocycles. The van der Waals surface area contributed by atoms with E-state index in [4.69, 9.17) is 0 Å². The van der Waals surface area contributed by atoms with Crippen molar-refractivity contribution in [2.24, 2.45) is 5.92 Å². The van der Waals surface area contributed by atoms with Crippen molar-refractivity contribution in [1.29, 1.82) is 0 Å². The molecule has 1 saturated heterocycles. The average molecular weight is 589 g/mol. The van der Waals surface area contributed by atoms with Crippen molar-refractivity contribution in [1.82, 2.24) is 20.5 Å². The summed E-state index contributed by atoms with van der Waals surface area (Å²) in [5.74, 6) is 0.387. The molecule has 1 aliphatic carbocycles. The summed E-state index contributed by atoms with van der Waals surface area (Å²) in [7, 11) is 0. The molecule has 0 radical (unpaired) electrons. The summed E-state index contributed by atoms with van der Waals surface area (Å²) in [6.45, 7) is 0. The fourth-order valence-electron chi connectivity index (χ4n) is 7.16. The minimum absolute atomic E-state index is 0.00904. The molecule has 0 amide bonds. The van der Waals surface area contributed by atoms with Crippen LogP contribution in [0.4, 0.5) is 0 Å². The highest BCUT2D eigenvalue weighted by Gasteiger charge is 2.32. The third-order valence-electron chi connectivity index (χ3n) is 9.26. The molecule has 4 unspecified atom stereocenters. The fraction of sp³-hybridized carbons (Fsp3) is 0.128. The first-order chi connectivity index (χ1) is 21.8. The Balaban J connectivity index is 1.13. The molecule has 5 heteroatoms. The topological polar surface area (TPSA) is 41.0 Å². The summed E-state index contributed by atoms with van der Waals surface area (Å²) in [6.07, 6.45) is 10.1. The molecule has 7 aromatic rings. The van der Waals surface area contributed by atoms with Crippen LogP contribution in [0, 0.1) is 5.92 Å². The number of fused-ring (bicyclic) bond motifs is 7. The molecule has 4 nitrogen and oxygen atoms in total. The quantitative estimate of drug-likeness (QED) is 0.192. The summed E-state index contributed by atoms with van der Waals surface area (Å²) in [5, 5.41) is 16.9. The van der Waals surface area contributed by atoms with Gasteiger partial charge in [0.05, 0.1) is 29.5 Å². The number of thiophene rings is 1. The van der Waals surface area contributed by atoms with Crippen molar-refractivity contribution in [2.45, 2.75) is 24.9 Å². The second-order valence-corrected chi connectivity index (χ2v) is 12.9. The maximum atomic E-state index is 3.87. The highest BCUT2D eigenvalue weighted by atomic mass is 32.1. The normalized spacial score (nSPS) is 22.0. The summed E-state index contributed by atoms with van der Waals surface area (Å²) >= 11 is 1.88. The first kappa shape index (κ1) is 25.9. The van der Waals surface area contributed by atoms with Gasteiger partial charge in [-0.1, -0.05) is 103 Å². The van der Waals surface area contributed by atoms with Gasteiger partial charge in [0.25, 0.3) is 0 Å². The molecule has 2 aromatic heterocycles. The molecule has 3 N–H and O–H groups in total. The van der Waals surface area contributed by atoms with E-state index in [1.807, 2.05) is 11.3 Å². The predicted octanol–water partition coefficient (Wildman–Crippen LogP) is 9.09. The second-order valence-electron chi connectivity index (χ2n) is 11.8. The van der Waals surface area contributed by atoms with Gasteiger partial charge in [-0.15, -0.1) is 11.3 Å². The molecule has 1 fully saturated rings. The number of hydrogen-bond acceptors (Lipinski definition) is 4. The van der Waals surface area contributed by atoms with E-state index in [1.54, 1.807) is 0 Å². The van der Waals surface area contributed by atoms with Crippen LogP contribution >= 0.6 is 11.3 Å². The number of rotatable bonds is 4. The molecule has 4 atom stereocenters. The lowest BCUT2D eigenvalue weighted by Gasteiger charge is -2.42. The lowest BCUT2D eigenvalue weighted by Crippen LogP contribution is -2.61. The Morgan fingerprint density at radius 2 is 1.30 bits per heavy atom. The Hall–Kier alpha value is -4.52. The minimum Gasteiger partial charge on any atom is -0.309 e. The van der Waals surface area contributed by atoms with Gasteiger partial charge in [-0.05, 0) is 53.9 Å². The molecule has 9 rings (SSSR count). The van der Waals surface area contributed by atoms with Crippen LogP contribution in [0.15, 0.2) is 140 Å². The van der Waals surface area contributed by atoms with E-state index in [2.05, 4.69) is 160 Å². The van der Waals surface area contributed by atoms with Gasteiger partial charge in [0.15, 0.2) is 0 Å². The van der Waals surface area contributed by atoms with E-state index in [1.165, 1.54) is 58.8 Å². The monoisotopic (exact) mass is 588 g/mol. The molecule has 214 valence electrons. The van der Waals surface area contributed by atoms with Gasteiger partial charge in [0.1, 0.15) is 0 Å². The van der Waals surface area contributed by atoms with Crippen LogP contribution in [0.1, 0.15) is 29.9 Å². The standard InChI is InChI=1S/C39H32N4S/c1-3-11-25(12-4-1)37-40-38(26-13-5-2-6-14-26)42-39(41-37)27-19-21-28(22-20-27)43-31-17-9-7-15-29(31)35-32(43)23-24-34-36(35)30-16-8-10-18-33(30)44-34/h1-13,15-24,26,37-42H,14H2. The number of aromatic nitrogens is 1. The van der Waals surface area contributed by atoms with E-state index in [-0.39, 0.29) is 18.5 Å². The molecular weight excluding hydrogens is 557 g/mol. The molecule has 1 aliphatic heterocycles. The van der Waals surface area contributed by atoms with Gasteiger partial charge in [0.2, 0.25) is 0 Å². The van der Waals surface area contributed by atoms with Crippen LogP contribution in [-0.2, 0) is 0 Å². The summed E-state index contributed by atoms with van der Waals surface area (Å²) in [6, 6.07) is 42.0. The van der Waals surface area contributed by atoms with Crippen LogP contribution in [0.3, 0.4) is 0 Å². The zero-order chi connectivity index (χ0) is 29.0. The van der Waals surface area contributed by atoms with Crippen LogP contribution in [0.5, 0.6) is 0 Å². The van der Waals surface area contributed by atoms with Crippen molar-refractivity contribution >= 4 is 53.3 Å². The Morgan fingerprint density at radius 1 is 0.568 bits per heavy atom. The first-order valence-corrected chi connectivity index (χ1v) is 16.2. The van der Waals surface area contributed by atoms with Crippen LogP contribution in [0.2, 0.25) is 0 Å². The van der Waals surface area contributed by atoms with Gasteiger partial charge in [0, 0.05) is 42.6 Å². The van der Waals surface area contributed by atoms with Crippen LogP contribution in [-0.4, -0.2) is 10.7 Å². The predicted molar refractivity (Wildman–Crippen MR) is 185 cm³/mol. The Morgan fingerprint density at radius 3 is 2.09 bits per heavy atom. The summed E-state index contributed by atoms with van der Waals surface area (Å²) in [5.41, 5.74) is 6.12. The Labute approximate surface area is 260 Å². The van der Waals surface area contributed by atoms with Crippen molar-refractivity contribution in [2.75, 3.05) is 0 Å². The zero-order valence-corrected chi connectivity index (χ0v) is 25.0. The number of para-hydroxylation sites is 1. The maximum absolute atomic E-state index is 3.87. The molecule has 0 bridgehead atoms. The number of nitrogens with zero attached hydrogens (tertiary/aromatic N) is 1. The van der Waals surface area contributed by atoms with Gasteiger partial charge >= 0.3 is 0 Å². The molecular formula is C39H32N4S. The number of allylic oxidation sites excluding steroid dienone is 3. The molecule has 2 aliphatic rings. The third kappa shape index (κ3) is 4.24. The van der Waals surface area contributed by atoms with Crippen molar-refractivity contribution in [3.05, 3.63) is 151 Å². The van der Waals surface area contributed by atoms with Crippen molar-refractivity contribution in [3.8, 4) is 5.69 Å². The van der Waals surface area contributed by atoms with Gasteiger partial charge in [-0.25, -0.2) is 0 Å². The second kappa shape index (κ2) is 10.6. The number of benzene rings is 5. The van der Waals surface area contributed by atoms with Gasteiger partial charge < -0.3 is 4.57 Å². The average Bonchev–Trinajstić information content (AvgIpc) is 3.64. The summed E-state index contributed by atoms with van der Waals surface area (Å²) in [4.78, 5) is 0. The van der Waals surface area contributed by atoms with Crippen molar-refractivity contribution < 1.29 is 0 Å². The van der Waals surface area contributed by atoms with E-state index in [0.717, 1.165) is 6.42 Å². The highest BCUT2D eigenvalue weighted by Crippen LogP contribution is 2.43. The molecule has 44 heavy (non-hydrogen) atoms. The maximum Gasteiger partial charge on any atom is 0.0862 e. The lowest BCUT2D eigenvalue weighted by atomic mass is 9.95. The lowest BCUT2D eigenvalue weighted by molar-refractivity contribution is 0.170. The SMILES string of the molecule is C1=CCC(C2NC(c3ccccc3)NC(c3ccc(-n4c5ccccc5c5c6c(ccc54)sc4ccccc46)cc3)N2)C=C1. The largest absolute Gasteiger partial charge is 0.309 e. The van der Waals surface area contributed by atoms with Crippen LogP contribution < -0.4 is 16.0 Å². The zero-order valence-electron chi connectivity index (χ0n) is 24.2. The van der Waals surface area contributed by atoms with E-state index < -0.39 is 0 Å². The molecule has 3 heterocycles. The third-order valence-corrected chi connectivity index (χ3v) is 10.4. The fourth-order valence-corrected chi connectivity index (χ4v) is 8.28. The van der Waals surface area contributed by atoms with E-state index >= 15 is 0 Å². The smallest absolute Gasteiger partial charge is 0.0862 e. The Bertz CT molecular complexity index is 2210. The molecule has 5 aromatic carbocycles. The first-order valence-electron chi connectivity index (χ1n) is 15.4. The Kier molecular flexibility index (Phi) is 6.24. The van der Waals surface area contributed by atoms with E-state index in [9.17, 15) is 0 Å². The van der Waals surface area contributed by atoms with Crippen LogP contribution in [0.25, 0.3) is 47.7 Å². The summed E-state index contributed by atoms with van der Waals surface area (Å²) < 4.78 is 5.11. The van der Waals surface area contributed by atoms with Gasteiger partial charge in [-0.3, -0.25) is 16.0 Å².